The zero-order valence-corrected chi connectivity index (χ0v) is 14.9. The maximum absolute atomic E-state index is 12.0. The first kappa shape index (κ1) is 17.6. The molecule has 1 heterocycles. The van der Waals surface area contributed by atoms with Crippen molar-refractivity contribution < 1.29 is 9.53 Å². The van der Waals surface area contributed by atoms with E-state index in [4.69, 9.17) is 16.3 Å². The number of nitrogens with one attached hydrogen (secondary N) is 2. The van der Waals surface area contributed by atoms with Crippen LogP contribution in [0.15, 0.2) is 48.5 Å². The van der Waals surface area contributed by atoms with Gasteiger partial charge in [0.2, 0.25) is 0 Å². The molecule has 2 aromatic carbocycles. The summed E-state index contributed by atoms with van der Waals surface area (Å²) in [6.45, 7) is 2.35. The van der Waals surface area contributed by atoms with Crippen LogP contribution in [0.5, 0.6) is 0 Å². The highest BCUT2D eigenvalue weighted by molar-refractivity contribution is 6.30. The molecule has 0 aliphatic carbocycles. The lowest BCUT2D eigenvalue weighted by Gasteiger charge is -2.18. The van der Waals surface area contributed by atoms with Crippen LogP contribution < -0.4 is 15.5 Å². The highest BCUT2D eigenvalue weighted by Gasteiger charge is 2.22. The first-order chi connectivity index (χ1) is 12.1. The molecular formula is C19H22ClN3O2. The van der Waals surface area contributed by atoms with Crippen LogP contribution in [-0.2, 0) is 11.3 Å². The second kappa shape index (κ2) is 8.23. The number of hydrogen-bond donors (Lipinski definition) is 2. The number of methoxy groups -OCH3 is 1. The summed E-state index contributed by atoms with van der Waals surface area (Å²) in [6, 6.07) is 15.0. The Bertz CT molecular complexity index is 704. The van der Waals surface area contributed by atoms with Gasteiger partial charge in [-0.3, -0.25) is 0 Å². The maximum atomic E-state index is 12.0. The van der Waals surface area contributed by atoms with Crippen molar-refractivity contribution in [1.82, 2.24) is 5.32 Å². The number of carbonyl (C=O) groups is 1. The van der Waals surface area contributed by atoms with Crippen molar-refractivity contribution in [1.29, 1.82) is 0 Å². The van der Waals surface area contributed by atoms with Gasteiger partial charge in [0.1, 0.15) is 0 Å². The number of hydrogen-bond acceptors (Lipinski definition) is 3. The first-order valence-corrected chi connectivity index (χ1v) is 8.69. The fourth-order valence-corrected chi connectivity index (χ4v) is 3.00. The van der Waals surface area contributed by atoms with Crippen LogP contribution in [0.2, 0.25) is 5.02 Å². The summed E-state index contributed by atoms with van der Waals surface area (Å²) in [4.78, 5) is 14.3. The fourth-order valence-electron chi connectivity index (χ4n) is 2.87. The van der Waals surface area contributed by atoms with Crippen molar-refractivity contribution in [2.24, 2.45) is 0 Å². The van der Waals surface area contributed by atoms with Gasteiger partial charge in [0.05, 0.1) is 6.10 Å². The molecule has 1 aliphatic rings. The van der Waals surface area contributed by atoms with Crippen molar-refractivity contribution >= 4 is 29.0 Å². The highest BCUT2D eigenvalue weighted by atomic mass is 35.5. The minimum atomic E-state index is -0.233. The standard InChI is InChI=1S/C19H22ClN3O2/c1-25-18-10-11-23(13-18)17-8-6-16(7-9-17)22-19(24)21-12-14-2-4-15(20)5-3-14/h2-9,18H,10-13H2,1H3,(H2,21,22,24)/t18-/m0/s1. The molecule has 5 nitrogen and oxygen atoms in total. The third-order valence-electron chi connectivity index (χ3n) is 4.33. The van der Waals surface area contributed by atoms with Crippen molar-refractivity contribution in [3.8, 4) is 0 Å². The number of benzene rings is 2. The van der Waals surface area contributed by atoms with E-state index in [1.54, 1.807) is 7.11 Å². The molecule has 0 aromatic heterocycles. The Morgan fingerprint density at radius 2 is 1.92 bits per heavy atom. The Labute approximate surface area is 152 Å². The van der Waals surface area contributed by atoms with Gasteiger partial charge in [-0.1, -0.05) is 23.7 Å². The van der Waals surface area contributed by atoms with E-state index in [9.17, 15) is 4.79 Å². The normalized spacial score (nSPS) is 16.7. The van der Waals surface area contributed by atoms with Gasteiger partial charge in [-0.15, -0.1) is 0 Å². The predicted molar refractivity (Wildman–Crippen MR) is 101 cm³/mol. The molecule has 1 aliphatic heterocycles. The van der Waals surface area contributed by atoms with Crippen LogP contribution in [0.1, 0.15) is 12.0 Å². The van der Waals surface area contributed by atoms with Crippen molar-refractivity contribution in [2.75, 3.05) is 30.4 Å². The van der Waals surface area contributed by atoms with Crippen LogP contribution in [0, 0.1) is 0 Å². The average Bonchev–Trinajstić information content (AvgIpc) is 3.11. The number of urea groups is 1. The SMILES string of the molecule is CO[C@H]1CCN(c2ccc(NC(=O)NCc3ccc(Cl)cc3)cc2)C1. The molecule has 0 radical (unpaired) electrons. The summed E-state index contributed by atoms with van der Waals surface area (Å²) in [7, 11) is 1.75. The number of anilines is 2. The van der Waals surface area contributed by atoms with Gasteiger partial charge in [0.15, 0.2) is 0 Å². The molecule has 1 atom stereocenters. The molecule has 132 valence electrons. The molecule has 2 amide bonds. The van der Waals surface area contributed by atoms with E-state index < -0.39 is 0 Å². The minimum absolute atomic E-state index is 0.233. The molecule has 0 saturated carbocycles. The van der Waals surface area contributed by atoms with Crippen molar-refractivity contribution in [2.45, 2.75) is 19.1 Å². The fraction of sp³-hybridized carbons (Fsp3) is 0.316. The highest BCUT2D eigenvalue weighted by Crippen LogP contribution is 2.23. The average molecular weight is 360 g/mol. The molecule has 25 heavy (non-hydrogen) atoms. The Hall–Kier alpha value is -2.24. The van der Waals surface area contributed by atoms with Gasteiger partial charge in [0, 0.05) is 43.1 Å². The lowest BCUT2D eigenvalue weighted by molar-refractivity contribution is 0.121. The Kier molecular flexibility index (Phi) is 5.79. The van der Waals surface area contributed by atoms with Crippen molar-refractivity contribution in [3.05, 3.63) is 59.1 Å². The van der Waals surface area contributed by atoms with E-state index >= 15 is 0 Å². The molecule has 0 bridgehead atoms. The molecule has 2 aromatic rings. The van der Waals surface area contributed by atoms with Gasteiger partial charge in [-0.2, -0.15) is 0 Å². The van der Waals surface area contributed by atoms with Crippen LogP contribution >= 0.6 is 11.6 Å². The number of amides is 2. The van der Waals surface area contributed by atoms with Crippen LogP contribution in [0.3, 0.4) is 0 Å². The third-order valence-corrected chi connectivity index (χ3v) is 4.59. The van der Waals surface area contributed by atoms with Gasteiger partial charge < -0.3 is 20.3 Å². The topological polar surface area (TPSA) is 53.6 Å². The van der Waals surface area contributed by atoms with E-state index in [0.717, 1.165) is 36.4 Å². The predicted octanol–water partition coefficient (Wildman–Crippen LogP) is 3.89. The lowest BCUT2D eigenvalue weighted by atomic mass is 10.2. The Balaban J connectivity index is 1.49. The van der Waals surface area contributed by atoms with E-state index in [-0.39, 0.29) is 6.03 Å². The molecule has 2 N–H and O–H groups in total. The monoisotopic (exact) mass is 359 g/mol. The second-order valence-corrected chi connectivity index (χ2v) is 6.51. The summed E-state index contributed by atoms with van der Waals surface area (Å²) in [5.74, 6) is 0. The minimum Gasteiger partial charge on any atom is -0.380 e. The van der Waals surface area contributed by atoms with Crippen LogP contribution in [-0.4, -0.2) is 32.3 Å². The number of rotatable bonds is 5. The molecular weight excluding hydrogens is 338 g/mol. The quantitative estimate of drug-likeness (QED) is 0.851. The molecule has 1 saturated heterocycles. The van der Waals surface area contributed by atoms with Gasteiger partial charge in [-0.25, -0.2) is 4.79 Å². The van der Waals surface area contributed by atoms with E-state index in [1.165, 1.54) is 0 Å². The summed E-state index contributed by atoms with van der Waals surface area (Å²) in [5.41, 5.74) is 2.91. The smallest absolute Gasteiger partial charge is 0.319 e. The van der Waals surface area contributed by atoms with E-state index in [0.29, 0.717) is 17.7 Å². The summed E-state index contributed by atoms with van der Waals surface area (Å²) in [5, 5.41) is 6.36. The van der Waals surface area contributed by atoms with E-state index in [2.05, 4.69) is 15.5 Å². The largest absolute Gasteiger partial charge is 0.380 e. The van der Waals surface area contributed by atoms with Gasteiger partial charge in [0.25, 0.3) is 0 Å². The van der Waals surface area contributed by atoms with Crippen molar-refractivity contribution in [3.63, 3.8) is 0 Å². The summed E-state index contributed by atoms with van der Waals surface area (Å²) >= 11 is 5.85. The van der Waals surface area contributed by atoms with Crippen LogP contribution in [0.25, 0.3) is 0 Å². The molecule has 0 spiro atoms. The second-order valence-electron chi connectivity index (χ2n) is 6.07. The van der Waals surface area contributed by atoms with E-state index in [1.807, 2.05) is 48.5 Å². The maximum Gasteiger partial charge on any atom is 0.319 e. The summed E-state index contributed by atoms with van der Waals surface area (Å²) < 4.78 is 5.39. The van der Waals surface area contributed by atoms with Gasteiger partial charge >= 0.3 is 6.03 Å². The number of carbonyl (C=O) groups excluding carboxylic acids is 1. The Morgan fingerprint density at radius 3 is 2.56 bits per heavy atom. The molecule has 6 heteroatoms. The number of ether oxygens (including phenoxy) is 1. The van der Waals surface area contributed by atoms with Gasteiger partial charge in [-0.05, 0) is 48.4 Å². The molecule has 3 rings (SSSR count). The third kappa shape index (κ3) is 4.87. The zero-order chi connectivity index (χ0) is 17.6. The number of halogens is 1. The first-order valence-electron chi connectivity index (χ1n) is 8.31. The zero-order valence-electron chi connectivity index (χ0n) is 14.2. The lowest BCUT2D eigenvalue weighted by Crippen LogP contribution is -2.28. The Morgan fingerprint density at radius 1 is 1.20 bits per heavy atom. The number of nitrogens with zero attached hydrogens (tertiary/aromatic N) is 1. The molecule has 0 unspecified atom stereocenters. The van der Waals surface area contributed by atoms with Crippen LogP contribution in [0.4, 0.5) is 16.2 Å². The summed E-state index contributed by atoms with van der Waals surface area (Å²) in [6.07, 6.45) is 1.35. The molecule has 1 fully saturated rings.